The number of nitrogens with one attached hydrogen (secondary N) is 1. The van der Waals surface area contributed by atoms with Crippen LogP contribution in [0.25, 0.3) is 0 Å². The van der Waals surface area contributed by atoms with Crippen LogP contribution in [0.2, 0.25) is 0 Å². The molecule has 6 nitrogen and oxygen atoms in total. The van der Waals surface area contributed by atoms with Crippen LogP contribution in [0.4, 0.5) is 0 Å². The first-order valence-corrected chi connectivity index (χ1v) is 4.73. The normalized spacial score (nSPS) is 25.4. The maximum Gasteiger partial charge on any atom is 0.233 e. The van der Waals surface area contributed by atoms with E-state index in [1.165, 1.54) is 28.4 Å². The van der Waals surface area contributed by atoms with Crippen LogP contribution in [0.15, 0.2) is 0 Å². The summed E-state index contributed by atoms with van der Waals surface area (Å²) in [5, 5.41) is 12.7. The lowest BCUT2D eigenvalue weighted by molar-refractivity contribution is -0.354. The van der Waals surface area contributed by atoms with Crippen molar-refractivity contribution in [2.75, 3.05) is 28.4 Å². The summed E-state index contributed by atoms with van der Waals surface area (Å²) in [5.41, 5.74) is 0. The number of hydrogen-bond donors (Lipinski definition) is 2. The molecular formula is C9H19NO5. The van der Waals surface area contributed by atoms with Gasteiger partial charge in [0.25, 0.3) is 0 Å². The minimum atomic E-state index is -1.08. The van der Waals surface area contributed by atoms with Crippen LogP contribution in [0.5, 0.6) is 0 Å². The van der Waals surface area contributed by atoms with Crippen LogP contribution in [0, 0.1) is 0 Å². The number of aliphatic hydroxyl groups excluding tert-OH is 1. The maximum absolute atomic E-state index is 9.74. The topological polar surface area (TPSA) is 69.2 Å². The fraction of sp³-hybridized carbons (Fsp3) is 1.00. The second-order valence-corrected chi connectivity index (χ2v) is 3.51. The molecule has 1 fully saturated rings. The van der Waals surface area contributed by atoms with Crippen molar-refractivity contribution in [3.05, 3.63) is 0 Å². The van der Waals surface area contributed by atoms with Gasteiger partial charge in [-0.05, 0) is 0 Å². The Labute approximate surface area is 89.5 Å². The smallest absolute Gasteiger partial charge is 0.233 e. The predicted molar refractivity (Wildman–Crippen MR) is 51.9 cm³/mol. The van der Waals surface area contributed by atoms with Crippen molar-refractivity contribution in [1.82, 2.24) is 5.32 Å². The molecule has 0 unspecified atom stereocenters. The lowest BCUT2D eigenvalue weighted by Gasteiger charge is -2.46. The lowest BCUT2D eigenvalue weighted by Crippen LogP contribution is -2.67. The zero-order valence-electron chi connectivity index (χ0n) is 9.57. The molecule has 0 amide bonds. The van der Waals surface area contributed by atoms with Crippen molar-refractivity contribution in [3.63, 3.8) is 0 Å². The molecule has 0 radical (unpaired) electrons. The van der Waals surface area contributed by atoms with Gasteiger partial charge in [-0.15, -0.1) is 0 Å². The summed E-state index contributed by atoms with van der Waals surface area (Å²) >= 11 is 0. The fourth-order valence-corrected chi connectivity index (χ4v) is 1.79. The molecule has 0 saturated carbocycles. The Bertz CT molecular complexity index is 183. The van der Waals surface area contributed by atoms with Crippen molar-refractivity contribution in [2.24, 2.45) is 0 Å². The van der Waals surface area contributed by atoms with Gasteiger partial charge in [0.1, 0.15) is 0 Å². The third kappa shape index (κ3) is 2.47. The number of rotatable bonds is 4. The van der Waals surface area contributed by atoms with Gasteiger partial charge in [0.15, 0.2) is 0 Å². The highest BCUT2D eigenvalue weighted by Gasteiger charge is 2.49. The number of piperidine rings is 1. The second kappa shape index (κ2) is 4.73. The molecule has 0 aromatic heterocycles. The SMILES string of the molecule is COC1(OC)CC(O)CC(OC)(OC)N1. The molecule has 0 aliphatic carbocycles. The van der Waals surface area contributed by atoms with Gasteiger partial charge in [0, 0.05) is 41.3 Å². The summed E-state index contributed by atoms with van der Waals surface area (Å²) < 4.78 is 20.8. The molecule has 1 aliphatic heterocycles. The molecule has 1 heterocycles. The highest BCUT2D eigenvalue weighted by molar-refractivity contribution is 4.86. The van der Waals surface area contributed by atoms with Gasteiger partial charge >= 0.3 is 0 Å². The van der Waals surface area contributed by atoms with E-state index in [1.54, 1.807) is 0 Å². The Kier molecular flexibility index (Phi) is 4.05. The minimum Gasteiger partial charge on any atom is -0.393 e. The monoisotopic (exact) mass is 221 g/mol. The van der Waals surface area contributed by atoms with E-state index in [-0.39, 0.29) is 0 Å². The first kappa shape index (κ1) is 12.8. The minimum absolute atomic E-state index is 0.314. The van der Waals surface area contributed by atoms with Crippen LogP contribution >= 0.6 is 0 Å². The van der Waals surface area contributed by atoms with E-state index in [0.29, 0.717) is 12.8 Å². The van der Waals surface area contributed by atoms with E-state index >= 15 is 0 Å². The van der Waals surface area contributed by atoms with E-state index in [9.17, 15) is 5.11 Å². The van der Waals surface area contributed by atoms with E-state index in [0.717, 1.165) is 0 Å². The van der Waals surface area contributed by atoms with Crippen molar-refractivity contribution in [3.8, 4) is 0 Å². The molecule has 1 saturated heterocycles. The predicted octanol–water partition coefficient (Wildman–Crippen LogP) is -0.376. The Morgan fingerprint density at radius 3 is 1.53 bits per heavy atom. The molecule has 15 heavy (non-hydrogen) atoms. The Balaban J connectivity index is 2.87. The molecule has 1 aliphatic rings. The molecule has 2 N–H and O–H groups in total. The first-order chi connectivity index (χ1) is 7.05. The zero-order valence-corrected chi connectivity index (χ0v) is 9.57. The third-order valence-electron chi connectivity index (χ3n) is 2.71. The Morgan fingerprint density at radius 2 is 1.27 bits per heavy atom. The van der Waals surface area contributed by atoms with Crippen molar-refractivity contribution < 1.29 is 24.1 Å². The van der Waals surface area contributed by atoms with Gasteiger partial charge in [0.2, 0.25) is 11.8 Å². The van der Waals surface area contributed by atoms with E-state index in [4.69, 9.17) is 18.9 Å². The standard InChI is InChI=1S/C9H19NO5/c1-12-8(13-2)5-7(11)6-9(10-8,14-3)15-4/h7,10-11H,5-6H2,1-4H3. The summed E-state index contributed by atoms with van der Waals surface area (Å²) in [4.78, 5) is 0. The quantitative estimate of drug-likeness (QED) is 0.631. The van der Waals surface area contributed by atoms with Gasteiger partial charge < -0.3 is 24.1 Å². The Morgan fingerprint density at radius 1 is 0.933 bits per heavy atom. The van der Waals surface area contributed by atoms with E-state index in [1.807, 2.05) is 0 Å². The Hall–Kier alpha value is -0.240. The maximum atomic E-state index is 9.74. The van der Waals surface area contributed by atoms with Crippen LogP contribution in [0.3, 0.4) is 0 Å². The molecule has 0 aromatic rings. The zero-order chi connectivity index (χ0) is 11.5. The van der Waals surface area contributed by atoms with Crippen molar-refractivity contribution >= 4 is 0 Å². The van der Waals surface area contributed by atoms with Gasteiger partial charge in [0.05, 0.1) is 6.10 Å². The largest absolute Gasteiger partial charge is 0.393 e. The van der Waals surface area contributed by atoms with E-state index in [2.05, 4.69) is 5.32 Å². The van der Waals surface area contributed by atoms with Gasteiger partial charge in [-0.1, -0.05) is 0 Å². The number of hydrogen-bond acceptors (Lipinski definition) is 6. The fourth-order valence-electron chi connectivity index (χ4n) is 1.79. The molecule has 0 spiro atoms. The van der Waals surface area contributed by atoms with E-state index < -0.39 is 17.9 Å². The molecule has 90 valence electrons. The first-order valence-electron chi connectivity index (χ1n) is 4.73. The molecule has 1 rings (SSSR count). The summed E-state index contributed by atoms with van der Waals surface area (Å²) in [6.07, 6.45) is 0.00852. The van der Waals surface area contributed by atoms with Crippen LogP contribution in [-0.4, -0.2) is 51.5 Å². The summed E-state index contributed by atoms with van der Waals surface area (Å²) in [5.74, 6) is -2.16. The van der Waals surface area contributed by atoms with Gasteiger partial charge in [-0.2, -0.15) is 0 Å². The molecule has 0 atom stereocenters. The van der Waals surface area contributed by atoms with Crippen molar-refractivity contribution in [2.45, 2.75) is 30.8 Å². The average Bonchev–Trinajstić information content (AvgIpc) is 2.28. The van der Waals surface area contributed by atoms with Gasteiger partial charge in [-0.3, -0.25) is 0 Å². The highest BCUT2D eigenvalue weighted by Crippen LogP contribution is 2.31. The molecule has 6 heteroatoms. The van der Waals surface area contributed by atoms with Crippen LogP contribution < -0.4 is 5.32 Å². The summed E-state index contributed by atoms with van der Waals surface area (Å²) in [6, 6.07) is 0. The second-order valence-electron chi connectivity index (χ2n) is 3.51. The van der Waals surface area contributed by atoms with Crippen LogP contribution in [-0.2, 0) is 18.9 Å². The van der Waals surface area contributed by atoms with Gasteiger partial charge in [-0.25, -0.2) is 5.32 Å². The third-order valence-corrected chi connectivity index (χ3v) is 2.71. The van der Waals surface area contributed by atoms with Crippen LogP contribution in [0.1, 0.15) is 12.8 Å². The summed E-state index contributed by atoms with van der Waals surface area (Å²) in [6.45, 7) is 0. The number of methoxy groups -OCH3 is 4. The number of aliphatic hydroxyl groups is 1. The molecule has 0 bridgehead atoms. The number of ether oxygens (including phenoxy) is 4. The van der Waals surface area contributed by atoms with Crippen molar-refractivity contribution in [1.29, 1.82) is 0 Å². The molecular weight excluding hydrogens is 202 g/mol. The summed E-state index contributed by atoms with van der Waals surface area (Å²) in [7, 11) is 5.96. The highest BCUT2D eigenvalue weighted by atomic mass is 16.7. The lowest BCUT2D eigenvalue weighted by atomic mass is 10.0. The molecule has 0 aromatic carbocycles. The average molecular weight is 221 g/mol.